The summed E-state index contributed by atoms with van der Waals surface area (Å²) in [6, 6.07) is 17.3. The highest BCUT2D eigenvalue weighted by molar-refractivity contribution is 9.10. The molecule has 0 atom stereocenters. The molecule has 0 N–H and O–H groups in total. The molecule has 2 aromatic rings. The summed E-state index contributed by atoms with van der Waals surface area (Å²) in [4.78, 5) is 0. The average Bonchev–Trinajstić information content (AvgIpc) is 2.30. The number of hydrogen-bond acceptors (Lipinski definition) is 0. The van der Waals surface area contributed by atoms with Gasteiger partial charge in [0.05, 0.1) is 0 Å². The minimum absolute atomic E-state index is 1.11. The van der Waals surface area contributed by atoms with E-state index in [-0.39, 0.29) is 0 Å². The Bertz CT molecular complexity index is 394. The molecule has 0 heterocycles. The lowest BCUT2D eigenvalue weighted by Gasteiger charge is -2.03. The molecular formula is C15H15Br. The first-order valence-electron chi connectivity index (χ1n) is 5.54. The maximum atomic E-state index is 3.45. The summed E-state index contributed by atoms with van der Waals surface area (Å²) >= 11 is 3.45. The Morgan fingerprint density at radius 3 is 1.69 bits per heavy atom. The van der Waals surface area contributed by atoms with Crippen molar-refractivity contribution in [2.45, 2.75) is 19.8 Å². The van der Waals surface area contributed by atoms with Crippen LogP contribution in [0.25, 0.3) is 0 Å². The first-order valence-corrected chi connectivity index (χ1v) is 6.33. The molecule has 0 unspecified atom stereocenters. The van der Waals surface area contributed by atoms with Crippen molar-refractivity contribution >= 4 is 15.9 Å². The van der Waals surface area contributed by atoms with Crippen LogP contribution in [0.2, 0.25) is 0 Å². The Hall–Kier alpha value is -1.08. The van der Waals surface area contributed by atoms with Gasteiger partial charge < -0.3 is 0 Å². The van der Waals surface area contributed by atoms with E-state index in [0.717, 1.165) is 17.3 Å². The van der Waals surface area contributed by atoms with Crippen LogP contribution in [0.4, 0.5) is 0 Å². The van der Waals surface area contributed by atoms with Crippen LogP contribution >= 0.6 is 15.9 Å². The Morgan fingerprint density at radius 1 is 0.750 bits per heavy atom. The Kier molecular flexibility index (Phi) is 3.79. The summed E-state index contributed by atoms with van der Waals surface area (Å²) in [5, 5.41) is 0. The predicted molar refractivity (Wildman–Crippen MR) is 72.7 cm³/mol. The van der Waals surface area contributed by atoms with Crippen LogP contribution in [0.15, 0.2) is 53.0 Å². The van der Waals surface area contributed by atoms with E-state index in [1.165, 1.54) is 16.7 Å². The van der Waals surface area contributed by atoms with Crippen molar-refractivity contribution < 1.29 is 0 Å². The van der Waals surface area contributed by atoms with E-state index in [9.17, 15) is 0 Å². The van der Waals surface area contributed by atoms with Crippen molar-refractivity contribution in [2.24, 2.45) is 0 Å². The molecule has 0 radical (unpaired) electrons. The maximum absolute atomic E-state index is 3.45. The zero-order valence-electron chi connectivity index (χ0n) is 9.41. The zero-order chi connectivity index (χ0) is 11.4. The lowest BCUT2D eigenvalue weighted by atomic mass is 10.0. The van der Waals surface area contributed by atoms with Crippen molar-refractivity contribution in [2.75, 3.05) is 0 Å². The fourth-order valence-electron chi connectivity index (χ4n) is 1.69. The third-order valence-corrected chi connectivity index (χ3v) is 3.26. The number of halogens is 1. The Balaban J connectivity index is 1.97. The molecule has 0 bridgehead atoms. The zero-order valence-corrected chi connectivity index (χ0v) is 11.0. The SMILES string of the molecule is Cc1ccc(CCc2ccc(Br)cc2)cc1. The minimum Gasteiger partial charge on any atom is -0.0591 e. The minimum atomic E-state index is 1.11. The van der Waals surface area contributed by atoms with E-state index < -0.39 is 0 Å². The summed E-state index contributed by atoms with van der Waals surface area (Å²) in [6.45, 7) is 2.12. The van der Waals surface area contributed by atoms with Crippen LogP contribution in [0.1, 0.15) is 16.7 Å². The van der Waals surface area contributed by atoms with E-state index in [2.05, 4.69) is 71.4 Å². The lowest BCUT2D eigenvalue weighted by molar-refractivity contribution is 0.959. The number of rotatable bonds is 3. The number of benzene rings is 2. The predicted octanol–water partition coefficient (Wildman–Crippen LogP) is 4.54. The largest absolute Gasteiger partial charge is 0.0591 e. The van der Waals surface area contributed by atoms with Crippen LogP contribution in [0.3, 0.4) is 0 Å². The van der Waals surface area contributed by atoms with Crippen LogP contribution in [0, 0.1) is 6.92 Å². The molecule has 0 amide bonds. The molecule has 0 aromatic heterocycles. The Morgan fingerprint density at radius 2 is 1.19 bits per heavy atom. The maximum Gasteiger partial charge on any atom is 0.0175 e. The van der Waals surface area contributed by atoms with Gasteiger partial charge in [-0.2, -0.15) is 0 Å². The van der Waals surface area contributed by atoms with Crippen LogP contribution < -0.4 is 0 Å². The molecule has 0 spiro atoms. The van der Waals surface area contributed by atoms with Gasteiger partial charge in [0.25, 0.3) is 0 Å². The highest BCUT2D eigenvalue weighted by Crippen LogP contribution is 2.13. The van der Waals surface area contributed by atoms with E-state index in [1.807, 2.05) is 0 Å². The molecule has 82 valence electrons. The second kappa shape index (κ2) is 5.31. The first-order chi connectivity index (χ1) is 7.74. The van der Waals surface area contributed by atoms with Gasteiger partial charge in [0.1, 0.15) is 0 Å². The molecule has 1 heteroatoms. The third kappa shape index (κ3) is 3.21. The fraction of sp³-hybridized carbons (Fsp3) is 0.200. The van der Waals surface area contributed by atoms with E-state index in [4.69, 9.17) is 0 Å². The highest BCUT2D eigenvalue weighted by atomic mass is 79.9. The number of hydrogen-bond donors (Lipinski definition) is 0. The van der Waals surface area contributed by atoms with E-state index >= 15 is 0 Å². The standard InChI is InChI=1S/C15H15Br/c1-12-2-4-13(5-3-12)6-7-14-8-10-15(16)11-9-14/h2-5,8-11H,6-7H2,1H3. The van der Waals surface area contributed by atoms with Gasteiger partial charge >= 0.3 is 0 Å². The molecule has 0 fully saturated rings. The topological polar surface area (TPSA) is 0 Å². The average molecular weight is 275 g/mol. The highest BCUT2D eigenvalue weighted by Gasteiger charge is 1.96. The van der Waals surface area contributed by atoms with Crippen molar-refractivity contribution in [1.82, 2.24) is 0 Å². The van der Waals surface area contributed by atoms with Crippen molar-refractivity contribution in [1.29, 1.82) is 0 Å². The monoisotopic (exact) mass is 274 g/mol. The van der Waals surface area contributed by atoms with Gasteiger partial charge in [0.15, 0.2) is 0 Å². The third-order valence-electron chi connectivity index (χ3n) is 2.74. The molecule has 16 heavy (non-hydrogen) atoms. The second-order valence-electron chi connectivity index (χ2n) is 4.11. The molecule has 0 saturated heterocycles. The molecule has 0 aliphatic carbocycles. The fourth-order valence-corrected chi connectivity index (χ4v) is 1.96. The van der Waals surface area contributed by atoms with Crippen molar-refractivity contribution in [3.8, 4) is 0 Å². The summed E-state index contributed by atoms with van der Waals surface area (Å²) in [6.07, 6.45) is 2.22. The molecule has 2 rings (SSSR count). The summed E-state index contributed by atoms with van der Waals surface area (Å²) < 4.78 is 1.14. The van der Waals surface area contributed by atoms with Gasteiger partial charge in [-0.1, -0.05) is 57.9 Å². The second-order valence-corrected chi connectivity index (χ2v) is 5.03. The Labute approximate surface area is 105 Å². The molecule has 0 nitrogen and oxygen atoms in total. The molecule has 2 aromatic carbocycles. The van der Waals surface area contributed by atoms with Crippen molar-refractivity contribution in [3.63, 3.8) is 0 Å². The van der Waals surface area contributed by atoms with Gasteiger partial charge in [-0.25, -0.2) is 0 Å². The molecule has 0 aliphatic heterocycles. The van der Waals surface area contributed by atoms with E-state index in [0.29, 0.717) is 0 Å². The summed E-state index contributed by atoms with van der Waals surface area (Å²) in [5.74, 6) is 0. The first kappa shape index (κ1) is 11.4. The van der Waals surface area contributed by atoms with Crippen molar-refractivity contribution in [3.05, 3.63) is 69.7 Å². The molecule has 0 aliphatic rings. The van der Waals surface area contributed by atoms with Gasteiger partial charge in [-0.15, -0.1) is 0 Å². The van der Waals surface area contributed by atoms with Gasteiger partial charge in [-0.05, 0) is 43.0 Å². The van der Waals surface area contributed by atoms with Gasteiger partial charge in [0.2, 0.25) is 0 Å². The smallest absolute Gasteiger partial charge is 0.0175 e. The normalized spacial score (nSPS) is 10.4. The van der Waals surface area contributed by atoms with Crippen LogP contribution in [0.5, 0.6) is 0 Å². The quantitative estimate of drug-likeness (QED) is 0.771. The lowest BCUT2D eigenvalue weighted by Crippen LogP contribution is -1.91. The molecular weight excluding hydrogens is 260 g/mol. The summed E-state index contributed by atoms with van der Waals surface area (Å²) in [7, 11) is 0. The van der Waals surface area contributed by atoms with Crippen LogP contribution in [-0.2, 0) is 12.8 Å². The van der Waals surface area contributed by atoms with Crippen LogP contribution in [-0.4, -0.2) is 0 Å². The van der Waals surface area contributed by atoms with Gasteiger partial charge in [0, 0.05) is 4.47 Å². The van der Waals surface area contributed by atoms with E-state index in [1.54, 1.807) is 0 Å². The summed E-state index contributed by atoms with van der Waals surface area (Å²) in [5.41, 5.74) is 4.13. The number of aryl methyl sites for hydroxylation is 3. The molecule has 0 saturated carbocycles. The van der Waals surface area contributed by atoms with Gasteiger partial charge in [-0.3, -0.25) is 0 Å².